The molecule has 0 aromatic heterocycles. The van der Waals surface area contributed by atoms with Crippen LogP contribution in [0.5, 0.6) is 0 Å². The molecule has 174 valence electrons. The molecule has 5 unspecified atom stereocenters. The Bertz CT molecular complexity index is 1070. The number of allylic oxidation sites excluding steroid dienone is 6. The molecule has 2 fully saturated rings. The molecule has 0 N–H and O–H groups in total. The zero-order valence-electron chi connectivity index (χ0n) is 19.9. The van der Waals surface area contributed by atoms with E-state index < -0.39 is 0 Å². The van der Waals surface area contributed by atoms with Crippen molar-refractivity contribution in [3.8, 4) is 0 Å². The van der Waals surface area contributed by atoms with Gasteiger partial charge < -0.3 is 0 Å². The third kappa shape index (κ3) is 3.09. The van der Waals surface area contributed by atoms with Gasteiger partial charge in [-0.1, -0.05) is 0 Å². The summed E-state index contributed by atoms with van der Waals surface area (Å²) in [4.78, 5) is 13.1. The molecule has 1 spiro atoms. The van der Waals surface area contributed by atoms with Crippen LogP contribution in [0.25, 0.3) is 0 Å². The first kappa shape index (κ1) is 21.7. The normalized spacial score (nSPS) is 41.4. The average molecular weight is 510 g/mol. The van der Waals surface area contributed by atoms with Crippen LogP contribution in [-0.4, -0.2) is 33.6 Å². The van der Waals surface area contributed by atoms with Gasteiger partial charge in [0, 0.05) is 0 Å². The Morgan fingerprint density at radius 2 is 1.94 bits per heavy atom. The SMILES string of the molecule is COC1=CC2=CCC3C(=CCC4(C)C3CC[C@@]43CC([Se]c4ccccc4)C(=O)O3)C2(C)CC1. The second-order valence-corrected chi connectivity index (χ2v) is 13.8. The van der Waals surface area contributed by atoms with Crippen LogP contribution >= 0.6 is 0 Å². The summed E-state index contributed by atoms with van der Waals surface area (Å²) in [7, 11) is 1.79. The van der Waals surface area contributed by atoms with Gasteiger partial charge in [-0.25, -0.2) is 0 Å². The van der Waals surface area contributed by atoms with Crippen molar-refractivity contribution in [2.45, 2.75) is 69.2 Å². The van der Waals surface area contributed by atoms with E-state index >= 15 is 0 Å². The summed E-state index contributed by atoms with van der Waals surface area (Å²) < 4.78 is 13.3. The van der Waals surface area contributed by atoms with E-state index in [0.29, 0.717) is 11.8 Å². The molecule has 0 radical (unpaired) electrons. The van der Waals surface area contributed by atoms with Gasteiger partial charge in [0.05, 0.1) is 7.11 Å². The summed E-state index contributed by atoms with van der Waals surface area (Å²) in [5.41, 5.74) is 3.00. The van der Waals surface area contributed by atoms with E-state index in [4.69, 9.17) is 9.47 Å². The molecule has 0 bridgehead atoms. The molecule has 4 heteroatoms. The van der Waals surface area contributed by atoms with E-state index in [1.54, 1.807) is 12.7 Å². The van der Waals surface area contributed by atoms with E-state index in [1.807, 2.05) is 6.07 Å². The number of hydrogen-bond acceptors (Lipinski definition) is 3. The summed E-state index contributed by atoms with van der Waals surface area (Å²) in [6.07, 6.45) is 14.7. The summed E-state index contributed by atoms with van der Waals surface area (Å²) in [5, 5.41) is 0. The van der Waals surface area contributed by atoms with Crippen LogP contribution in [0, 0.1) is 22.7 Å². The number of carbonyl (C=O) groups is 1. The Balaban J connectivity index is 1.29. The fraction of sp³-hybridized carbons (Fsp3) is 0.552. The standard InChI is InChI=1S/C29H34O3Se/c1-27-14-11-20(31-3)17-19(27)9-10-22-23(27)12-15-28(2)24(22)13-16-29(28)18-25(26(30)32-29)33-21-7-5-4-6-8-21/h4-9,12,17,22,24-25H,10-11,13-16,18H2,1-3H3/t22?,24?,25?,27?,28?,29-/m1/s1. The number of ether oxygens (including phenoxy) is 2. The molecular weight excluding hydrogens is 475 g/mol. The van der Waals surface area contributed by atoms with Gasteiger partial charge >= 0.3 is 197 Å². The summed E-state index contributed by atoms with van der Waals surface area (Å²) in [6.45, 7) is 4.88. The molecule has 1 saturated heterocycles. The number of hydrogen-bond donors (Lipinski definition) is 0. The van der Waals surface area contributed by atoms with E-state index in [2.05, 4.69) is 56.3 Å². The van der Waals surface area contributed by atoms with Gasteiger partial charge in [0.1, 0.15) is 0 Å². The molecule has 0 amide bonds. The van der Waals surface area contributed by atoms with Crippen LogP contribution in [-0.2, 0) is 14.3 Å². The van der Waals surface area contributed by atoms with Crippen molar-refractivity contribution in [2.75, 3.05) is 7.11 Å². The third-order valence-corrected chi connectivity index (χ3v) is 12.3. The number of methoxy groups -OCH3 is 1. The summed E-state index contributed by atoms with van der Waals surface area (Å²) in [5.74, 6) is 2.34. The van der Waals surface area contributed by atoms with Gasteiger partial charge in [0.25, 0.3) is 0 Å². The van der Waals surface area contributed by atoms with Crippen LogP contribution in [0.2, 0.25) is 4.82 Å². The Morgan fingerprint density at radius 1 is 1.12 bits per heavy atom. The Labute approximate surface area is 203 Å². The fourth-order valence-electron chi connectivity index (χ4n) is 7.80. The first-order valence-corrected chi connectivity index (χ1v) is 14.3. The maximum absolute atomic E-state index is 13.1. The van der Waals surface area contributed by atoms with E-state index in [1.165, 1.54) is 16.5 Å². The molecule has 6 rings (SSSR count). The quantitative estimate of drug-likeness (QED) is 0.306. The van der Waals surface area contributed by atoms with E-state index in [9.17, 15) is 4.79 Å². The molecule has 3 nitrogen and oxygen atoms in total. The van der Waals surface area contributed by atoms with Crippen LogP contribution in [0.1, 0.15) is 58.8 Å². The molecule has 6 atom stereocenters. The van der Waals surface area contributed by atoms with Crippen LogP contribution < -0.4 is 4.46 Å². The molecule has 1 aromatic rings. The van der Waals surface area contributed by atoms with Gasteiger partial charge in [-0.2, -0.15) is 0 Å². The fourth-order valence-corrected chi connectivity index (χ4v) is 10.2. The number of esters is 1. The number of fused-ring (bicyclic) bond motifs is 6. The van der Waals surface area contributed by atoms with Crippen LogP contribution in [0.15, 0.2) is 65.5 Å². The minimum atomic E-state index is -0.279. The summed E-state index contributed by atoms with van der Waals surface area (Å²) >= 11 is 0.134. The molecule has 1 saturated carbocycles. The third-order valence-electron chi connectivity index (χ3n) is 9.76. The molecule has 1 heterocycles. The maximum atomic E-state index is 13.1. The monoisotopic (exact) mass is 510 g/mol. The van der Waals surface area contributed by atoms with Crippen molar-refractivity contribution in [1.82, 2.24) is 0 Å². The number of benzene rings is 1. The first-order chi connectivity index (χ1) is 15.9. The number of carbonyl (C=O) groups excluding carboxylic acids is 1. The zero-order chi connectivity index (χ0) is 22.8. The summed E-state index contributed by atoms with van der Waals surface area (Å²) in [6, 6.07) is 10.5. The van der Waals surface area contributed by atoms with Crippen molar-refractivity contribution >= 4 is 25.4 Å². The van der Waals surface area contributed by atoms with Crippen molar-refractivity contribution in [1.29, 1.82) is 0 Å². The molecular formula is C29H34O3Se. The van der Waals surface area contributed by atoms with Crippen LogP contribution in [0.3, 0.4) is 0 Å². The van der Waals surface area contributed by atoms with Crippen LogP contribution in [0.4, 0.5) is 0 Å². The van der Waals surface area contributed by atoms with Crippen molar-refractivity contribution in [3.63, 3.8) is 0 Å². The second kappa shape index (κ2) is 7.62. The molecule has 5 aliphatic rings. The topological polar surface area (TPSA) is 35.5 Å². The predicted octanol–water partition coefficient (Wildman–Crippen LogP) is 5.51. The Kier molecular flexibility index (Phi) is 5.02. The van der Waals surface area contributed by atoms with Gasteiger partial charge in [-0.15, -0.1) is 0 Å². The molecule has 33 heavy (non-hydrogen) atoms. The molecule has 1 aromatic carbocycles. The first-order valence-electron chi connectivity index (χ1n) is 12.5. The Hall–Kier alpha value is -1.77. The van der Waals surface area contributed by atoms with Crippen molar-refractivity contribution < 1.29 is 14.3 Å². The van der Waals surface area contributed by atoms with Gasteiger partial charge in [0.15, 0.2) is 0 Å². The molecule has 1 aliphatic heterocycles. The molecule has 4 aliphatic carbocycles. The number of rotatable bonds is 3. The van der Waals surface area contributed by atoms with Gasteiger partial charge in [-0.05, 0) is 0 Å². The minimum absolute atomic E-state index is 0.0439. The van der Waals surface area contributed by atoms with Gasteiger partial charge in [-0.3, -0.25) is 0 Å². The van der Waals surface area contributed by atoms with Crippen molar-refractivity contribution in [2.24, 2.45) is 22.7 Å². The van der Waals surface area contributed by atoms with Crippen molar-refractivity contribution in [3.05, 3.63) is 65.5 Å². The second-order valence-electron chi connectivity index (χ2n) is 11.1. The average Bonchev–Trinajstić information content (AvgIpc) is 3.29. The predicted molar refractivity (Wildman–Crippen MR) is 131 cm³/mol. The zero-order valence-corrected chi connectivity index (χ0v) is 21.6. The van der Waals surface area contributed by atoms with Gasteiger partial charge in [0.2, 0.25) is 0 Å². The Morgan fingerprint density at radius 3 is 2.73 bits per heavy atom. The van der Waals surface area contributed by atoms with E-state index in [0.717, 1.165) is 44.3 Å². The van der Waals surface area contributed by atoms with E-state index in [-0.39, 0.29) is 42.2 Å².